The van der Waals surface area contributed by atoms with Gasteiger partial charge in [0.25, 0.3) is 0 Å². The fraction of sp³-hybridized carbons (Fsp3) is 0.750. The summed E-state index contributed by atoms with van der Waals surface area (Å²) in [5.74, 6) is -0.811. The van der Waals surface area contributed by atoms with Crippen molar-refractivity contribution >= 4 is 0 Å². The molecule has 0 saturated carbocycles. The number of nitriles is 2. The van der Waals surface area contributed by atoms with Crippen LogP contribution in [-0.4, -0.2) is 12.1 Å². The fourth-order valence-electron chi connectivity index (χ4n) is 0.969. The topological polar surface area (TPSA) is 99.6 Å². The highest BCUT2D eigenvalue weighted by Gasteiger charge is 2.36. The van der Waals surface area contributed by atoms with Crippen LogP contribution in [0.5, 0.6) is 0 Å². The van der Waals surface area contributed by atoms with Crippen molar-refractivity contribution in [2.24, 2.45) is 23.3 Å². The maximum Gasteiger partial charge on any atom is 0.0673 e. The van der Waals surface area contributed by atoms with E-state index in [9.17, 15) is 0 Å². The van der Waals surface area contributed by atoms with E-state index in [1.54, 1.807) is 13.8 Å². The summed E-state index contributed by atoms with van der Waals surface area (Å²) >= 11 is 0. The first-order valence-electron chi connectivity index (χ1n) is 3.81. The molecule has 0 aliphatic heterocycles. The molecule has 0 rings (SSSR count). The lowest BCUT2D eigenvalue weighted by atomic mass is 9.77. The maximum atomic E-state index is 8.65. The molecule has 0 amide bonds. The molecular weight excluding hydrogens is 152 g/mol. The normalized spacial score (nSPS) is 19.8. The molecule has 0 heterocycles. The lowest BCUT2D eigenvalue weighted by Crippen LogP contribution is -2.56. The van der Waals surface area contributed by atoms with Gasteiger partial charge in [0.2, 0.25) is 0 Å². The van der Waals surface area contributed by atoms with Gasteiger partial charge in [-0.2, -0.15) is 10.5 Å². The predicted molar refractivity (Wildman–Crippen MR) is 45.5 cm³/mol. The number of nitrogens with two attached hydrogens (primary N) is 2. The lowest BCUT2D eigenvalue weighted by Gasteiger charge is -2.32. The largest absolute Gasteiger partial charge is 0.329 e. The van der Waals surface area contributed by atoms with Crippen LogP contribution in [0.4, 0.5) is 0 Å². The molecule has 0 fully saturated rings. The van der Waals surface area contributed by atoms with Gasteiger partial charge in [-0.25, -0.2) is 0 Å². The molecule has 4 N–H and O–H groups in total. The van der Waals surface area contributed by atoms with E-state index in [1.807, 2.05) is 12.1 Å². The second-order valence-electron chi connectivity index (χ2n) is 3.02. The van der Waals surface area contributed by atoms with Gasteiger partial charge in [-0.15, -0.1) is 0 Å². The number of hydrogen-bond acceptors (Lipinski definition) is 4. The Bertz CT molecular complexity index is 202. The van der Waals surface area contributed by atoms with Crippen molar-refractivity contribution in [3.05, 3.63) is 0 Å². The van der Waals surface area contributed by atoms with E-state index < -0.39 is 17.4 Å². The smallest absolute Gasteiger partial charge is 0.0673 e. The van der Waals surface area contributed by atoms with Crippen molar-refractivity contribution in [1.82, 2.24) is 0 Å². The summed E-state index contributed by atoms with van der Waals surface area (Å²) in [6, 6.07) is 4.03. The van der Waals surface area contributed by atoms with Gasteiger partial charge in [-0.3, -0.25) is 0 Å². The Hall–Kier alpha value is -1.10. The van der Waals surface area contributed by atoms with Crippen molar-refractivity contribution in [2.75, 3.05) is 6.54 Å². The average Bonchev–Trinajstić information content (AvgIpc) is 2.13. The second kappa shape index (κ2) is 4.06. The van der Waals surface area contributed by atoms with Gasteiger partial charge in [0.1, 0.15) is 0 Å². The number of nitrogens with zero attached hydrogens (tertiary/aromatic N) is 2. The quantitative estimate of drug-likeness (QED) is 0.614. The van der Waals surface area contributed by atoms with E-state index in [2.05, 4.69) is 0 Å². The van der Waals surface area contributed by atoms with Crippen LogP contribution in [0.1, 0.15) is 13.8 Å². The van der Waals surface area contributed by atoms with Gasteiger partial charge >= 0.3 is 0 Å². The molecule has 0 radical (unpaired) electrons. The molecule has 4 heteroatoms. The molecule has 2 atom stereocenters. The molecule has 0 aromatic carbocycles. The molecule has 0 bridgehead atoms. The fourth-order valence-corrected chi connectivity index (χ4v) is 0.969. The van der Waals surface area contributed by atoms with E-state index >= 15 is 0 Å². The Morgan fingerprint density at radius 1 is 1.25 bits per heavy atom. The summed E-state index contributed by atoms with van der Waals surface area (Å²) in [6.07, 6.45) is 0. The van der Waals surface area contributed by atoms with E-state index in [4.69, 9.17) is 22.0 Å². The highest BCUT2D eigenvalue weighted by atomic mass is 14.8. The first-order valence-corrected chi connectivity index (χ1v) is 3.81. The van der Waals surface area contributed by atoms with Crippen molar-refractivity contribution in [3.63, 3.8) is 0 Å². The first kappa shape index (κ1) is 10.9. The molecule has 0 aromatic heterocycles. The summed E-state index contributed by atoms with van der Waals surface area (Å²) < 4.78 is 0. The molecule has 66 valence electrons. The molecule has 2 unspecified atom stereocenters. The van der Waals surface area contributed by atoms with E-state index in [-0.39, 0.29) is 6.54 Å². The van der Waals surface area contributed by atoms with Gasteiger partial charge < -0.3 is 11.5 Å². The Morgan fingerprint density at radius 3 is 1.75 bits per heavy atom. The third kappa shape index (κ3) is 1.73. The Morgan fingerprint density at radius 2 is 1.58 bits per heavy atom. The Kier molecular flexibility index (Phi) is 3.69. The van der Waals surface area contributed by atoms with E-state index in [1.165, 1.54) is 0 Å². The minimum absolute atomic E-state index is 0.149. The van der Waals surface area contributed by atoms with Gasteiger partial charge in [0.05, 0.1) is 29.5 Å². The minimum Gasteiger partial charge on any atom is -0.329 e. The maximum absolute atomic E-state index is 8.65. The minimum atomic E-state index is -0.885. The molecule has 12 heavy (non-hydrogen) atoms. The van der Waals surface area contributed by atoms with Crippen LogP contribution in [0.3, 0.4) is 0 Å². The molecule has 0 saturated heterocycles. The third-order valence-electron chi connectivity index (χ3n) is 2.35. The van der Waals surface area contributed by atoms with E-state index in [0.29, 0.717) is 0 Å². The molecule has 0 aliphatic rings. The lowest BCUT2D eigenvalue weighted by molar-refractivity contribution is 0.287. The summed E-state index contributed by atoms with van der Waals surface area (Å²) in [5.41, 5.74) is 10.4. The zero-order valence-corrected chi connectivity index (χ0v) is 7.41. The Labute approximate surface area is 72.8 Å². The average molecular weight is 166 g/mol. The molecule has 0 aromatic rings. The molecule has 0 spiro atoms. The SMILES string of the molecule is CC(C#N)C(N)(CN)C(C)C#N. The number of rotatable bonds is 3. The summed E-state index contributed by atoms with van der Waals surface area (Å²) in [7, 11) is 0. The molecular formula is C8H14N4. The van der Waals surface area contributed by atoms with Crippen molar-refractivity contribution in [3.8, 4) is 12.1 Å². The molecule has 0 aliphatic carbocycles. The zero-order valence-electron chi connectivity index (χ0n) is 7.41. The van der Waals surface area contributed by atoms with Crippen molar-refractivity contribution in [2.45, 2.75) is 19.4 Å². The van der Waals surface area contributed by atoms with Crippen LogP contribution in [-0.2, 0) is 0 Å². The van der Waals surface area contributed by atoms with Crippen LogP contribution in [0.2, 0.25) is 0 Å². The monoisotopic (exact) mass is 166 g/mol. The van der Waals surface area contributed by atoms with Crippen LogP contribution in [0.15, 0.2) is 0 Å². The van der Waals surface area contributed by atoms with Gasteiger partial charge in [-0.05, 0) is 13.8 Å². The summed E-state index contributed by atoms with van der Waals surface area (Å²) in [6.45, 7) is 3.51. The first-order chi connectivity index (χ1) is 5.52. The Balaban J connectivity index is 4.71. The highest BCUT2D eigenvalue weighted by molar-refractivity contribution is 5.09. The van der Waals surface area contributed by atoms with E-state index in [0.717, 1.165) is 0 Å². The summed E-state index contributed by atoms with van der Waals surface area (Å²) in [4.78, 5) is 0. The van der Waals surface area contributed by atoms with Crippen LogP contribution < -0.4 is 11.5 Å². The number of hydrogen-bond donors (Lipinski definition) is 2. The van der Waals surface area contributed by atoms with Crippen LogP contribution in [0, 0.1) is 34.5 Å². The standard InChI is InChI=1S/C8H14N4/c1-6(3-9)8(12,5-11)7(2)4-10/h6-7H,5,11-12H2,1-2H3. The molecule has 4 nitrogen and oxygen atoms in total. The van der Waals surface area contributed by atoms with Crippen molar-refractivity contribution < 1.29 is 0 Å². The second-order valence-corrected chi connectivity index (χ2v) is 3.02. The van der Waals surface area contributed by atoms with Gasteiger partial charge in [0.15, 0.2) is 0 Å². The highest BCUT2D eigenvalue weighted by Crippen LogP contribution is 2.21. The van der Waals surface area contributed by atoms with Crippen molar-refractivity contribution in [1.29, 1.82) is 10.5 Å². The summed E-state index contributed by atoms with van der Waals surface area (Å²) in [5, 5.41) is 17.3. The van der Waals surface area contributed by atoms with Crippen LogP contribution >= 0.6 is 0 Å². The van der Waals surface area contributed by atoms with Gasteiger partial charge in [-0.1, -0.05) is 0 Å². The zero-order chi connectivity index (χ0) is 9.78. The third-order valence-corrected chi connectivity index (χ3v) is 2.35. The predicted octanol–water partition coefficient (Wildman–Crippen LogP) is -0.0380. The van der Waals surface area contributed by atoms with Crippen LogP contribution in [0.25, 0.3) is 0 Å². The van der Waals surface area contributed by atoms with Gasteiger partial charge in [0, 0.05) is 6.54 Å².